The molecule has 0 aliphatic carbocycles. The van der Waals surface area contributed by atoms with Gasteiger partial charge in [0.1, 0.15) is 4.83 Å². The van der Waals surface area contributed by atoms with Gasteiger partial charge in [0.05, 0.1) is 28.6 Å². The Kier molecular flexibility index (Phi) is 4.15. The summed E-state index contributed by atoms with van der Waals surface area (Å²) in [4.78, 5) is 53.0. The second-order valence-electron chi connectivity index (χ2n) is 6.39. The average Bonchev–Trinajstić information content (AvgIpc) is 2.99. The molecule has 1 aliphatic rings. The van der Waals surface area contributed by atoms with Crippen molar-refractivity contribution in [3.8, 4) is 0 Å². The Bertz CT molecular complexity index is 1100. The molecular weight excluding hydrogens is 354 g/mol. The molecule has 2 N–H and O–H groups in total. The van der Waals surface area contributed by atoms with Crippen LogP contribution in [0.1, 0.15) is 39.7 Å². The fourth-order valence-electron chi connectivity index (χ4n) is 3.44. The smallest absolute Gasteiger partial charge is 0.264 e. The van der Waals surface area contributed by atoms with Gasteiger partial charge in [-0.25, -0.2) is 9.97 Å². The first-order valence-electron chi connectivity index (χ1n) is 8.35. The van der Waals surface area contributed by atoms with Crippen LogP contribution >= 0.6 is 11.3 Å². The van der Waals surface area contributed by atoms with E-state index < -0.39 is 0 Å². The highest BCUT2D eigenvalue weighted by Crippen LogP contribution is 2.31. The third-order valence-corrected chi connectivity index (χ3v) is 5.94. The summed E-state index contributed by atoms with van der Waals surface area (Å²) in [6.45, 7) is 2.94. The van der Waals surface area contributed by atoms with Gasteiger partial charge in [-0.2, -0.15) is 0 Å². The lowest BCUT2D eigenvalue weighted by Crippen LogP contribution is -2.39. The van der Waals surface area contributed by atoms with Crippen molar-refractivity contribution in [2.45, 2.75) is 25.7 Å². The van der Waals surface area contributed by atoms with E-state index in [1.54, 1.807) is 11.8 Å². The quantitative estimate of drug-likeness (QED) is 0.707. The van der Waals surface area contributed by atoms with E-state index in [0.717, 1.165) is 12.8 Å². The molecule has 4 rings (SSSR count). The van der Waals surface area contributed by atoms with Crippen molar-refractivity contribution in [3.63, 3.8) is 0 Å². The summed E-state index contributed by atoms with van der Waals surface area (Å²) in [5.74, 6) is -0.0642. The summed E-state index contributed by atoms with van der Waals surface area (Å²) >= 11 is 1.25. The third-order valence-electron chi connectivity index (χ3n) is 4.75. The molecule has 134 valence electrons. The molecule has 1 aliphatic heterocycles. The van der Waals surface area contributed by atoms with Gasteiger partial charge >= 0.3 is 0 Å². The van der Waals surface area contributed by atoms with E-state index in [9.17, 15) is 14.4 Å². The molecule has 3 aromatic rings. The predicted molar refractivity (Wildman–Crippen MR) is 97.7 cm³/mol. The van der Waals surface area contributed by atoms with E-state index in [4.69, 9.17) is 0 Å². The molecule has 8 nitrogen and oxygen atoms in total. The Labute approximate surface area is 151 Å². The molecule has 1 amide bonds. The fraction of sp³-hybridized carbons (Fsp3) is 0.353. The maximum atomic E-state index is 13.1. The first-order valence-corrected chi connectivity index (χ1v) is 9.17. The number of thiophene rings is 1. The first kappa shape index (κ1) is 16.6. The second kappa shape index (κ2) is 6.49. The number of rotatable bonds is 2. The number of H-pyrrole nitrogens is 2. The Morgan fingerprint density at radius 1 is 1.27 bits per heavy atom. The van der Waals surface area contributed by atoms with E-state index in [1.807, 2.05) is 0 Å². The number of nitrogens with one attached hydrogen (secondary N) is 2. The Morgan fingerprint density at radius 3 is 2.85 bits per heavy atom. The highest BCUT2D eigenvalue weighted by molar-refractivity contribution is 7.20. The van der Waals surface area contributed by atoms with Gasteiger partial charge in [-0.05, 0) is 25.3 Å². The largest absolute Gasteiger partial charge is 0.337 e. The monoisotopic (exact) mass is 371 g/mol. The average molecular weight is 371 g/mol. The molecule has 26 heavy (non-hydrogen) atoms. The SMILES string of the molecule is Cc1c(C(=O)N2CCC[C@H](c3cc(=O)[nH]cn3)C2)sc2nc[nH]c(=O)c12. The molecular formula is C17H17N5O3S. The molecule has 3 aromatic heterocycles. The van der Waals surface area contributed by atoms with Crippen LogP contribution in [-0.2, 0) is 0 Å². The molecule has 1 fully saturated rings. The van der Waals surface area contributed by atoms with E-state index in [1.165, 1.54) is 30.1 Å². The summed E-state index contributed by atoms with van der Waals surface area (Å²) in [5.41, 5.74) is 0.953. The fourth-order valence-corrected chi connectivity index (χ4v) is 4.55. The van der Waals surface area contributed by atoms with Gasteiger partial charge < -0.3 is 14.9 Å². The minimum Gasteiger partial charge on any atom is -0.337 e. The maximum Gasteiger partial charge on any atom is 0.264 e. The molecule has 0 aromatic carbocycles. The minimum absolute atomic E-state index is 0.0335. The summed E-state index contributed by atoms with van der Waals surface area (Å²) in [6.07, 6.45) is 4.47. The van der Waals surface area contributed by atoms with Crippen LogP contribution in [0.4, 0.5) is 0 Å². The van der Waals surface area contributed by atoms with Crippen LogP contribution in [-0.4, -0.2) is 43.8 Å². The van der Waals surface area contributed by atoms with Crippen LogP contribution in [0.15, 0.2) is 28.3 Å². The number of piperidine rings is 1. The molecule has 0 radical (unpaired) electrons. The number of fused-ring (bicyclic) bond motifs is 1. The van der Waals surface area contributed by atoms with Crippen molar-refractivity contribution in [1.82, 2.24) is 24.8 Å². The van der Waals surface area contributed by atoms with Crippen molar-refractivity contribution < 1.29 is 4.79 Å². The Hall–Kier alpha value is -2.81. The molecule has 0 bridgehead atoms. The zero-order valence-corrected chi connectivity index (χ0v) is 14.9. The number of likely N-dealkylation sites (tertiary alicyclic amines) is 1. The number of aromatic amines is 2. The van der Waals surface area contributed by atoms with E-state index in [0.29, 0.717) is 39.4 Å². The summed E-state index contributed by atoms with van der Waals surface area (Å²) in [7, 11) is 0. The third kappa shape index (κ3) is 2.84. The highest BCUT2D eigenvalue weighted by atomic mass is 32.1. The Balaban J connectivity index is 1.64. The number of carbonyl (C=O) groups is 1. The number of hydrogen-bond acceptors (Lipinski definition) is 6. The Morgan fingerprint density at radius 2 is 2.08 bits per heavy atom. The number of carbonyl (C=O) groups excluding carboxylic acids is 1. The lowest BCUT2D eigenvalue weighted by atomic mass is 9.94. The summed E-state index contributed by atoms with van der Waals surface area (Å²) < 4.78 is 0. The molecule has 4 heterocycles. The van der Waals surface area contributed by atoms with Crippen LogP contribution < -0.4 is 11.1 Å². The van der Waals surface area contributed by atoms with E-state index in [-0.39, 0.29) is 22.9 Å². The number of hydrogen-bond donors (Lipinski definition) is 2. The van der Waals surface area contributed by atoms with Crippen LogP contribution in [0.2, 0.25) is 0 Å². The normalized spacial score (nSPS) is 17.6. The molecule has 0 saturated carbocycles. The zero-order valence-electron chi connectivity index (χ0n) is 14.1. The van der Waals surface area contributed by atoms with Crippen molar-refractivity contribution in [2.24, 2.45) is 0 Å². The van der Waals surface area contributed by atoms with E-state index >= 15 is 0 Å². The topological polar surface area (TPSA) is 112 Å². The van der Waals surface area contributed by atoms with Gasteiger partial charge in [0.2, 0.25) is 0 Å². The van der Waals surface area contributed by atoms with E-state index in [2.05, 4.69) is 19.9 Å². The molecule has 0 spiro atoms. The molecule has 1 saturated heterocycles. The molecule has 1 atom stereocenters. The lowest BCUT2D eigenvalue weighted by Gasteiger charge is -2.32. The number of amides is 1. The highest BCUT2D eigenvalue weighted by Gasteiger charge is 2.29. The predicted octanol–water partition coefficient (Wildman–Crippen LogP) is 1.40. The van der Waals surface area contributed by atoms with Crippen molar-refractivity contribution in [1.29, 1.82) is 0 Å². The number of aromatic nitrogens is 4. The summed E-state index contributed by atoms with van der Waals surface area (Å²) in [6, 6.07) is 1.49. The van der Waals surface area contributed by atoms with Gasteiger partial charge in [-0.3, -0.25) is 14.4 Å². The number of aryl methyl sites for hydroxylation is 1. The van der Waals surface area contributed by atoms with Gasteiger partial charge in [-0.1, -0.05) is 0 Å². The van der Waals surface area contributed by atoms with Gasteiger partial charge in [-0.15, -0.1) is 11.3 Å². The van der Waals surface area contributed by atoms with Crippen LogP contribution in [0.5, 0.6) is 0 Å². The van der Waals surface area contributed by atoms with Crippen LogP contribution in [0, 0.1) is 6.92 Å². The van der Waals surface area contributed by atoms with Gasteiger partial charge in [0, 0.05) is 25.1 Å². The second-order valence-corrected chi connectivity index (χ2v) is 7.39. The molecule has 0 unspecified atom stereocenters. The number of nitrogens with zero attached hydrogens (tertiary/aromatic N) is 3. The van der Waals surface area contributed by atoms with Crippen molar-refractivity contribution in [2.75, 3.05) is 13.1 Å². The van der Waals surface area contributed by atoms with Crippen molar-refractivity contribution in [3.05, 3.63) is 55.6 Å². The standard InChI is InChI=1S/C17H17N5O3S/c1-9-13-15(24)20-8-21-16(13)26-14(9)17(25)22-4-2-3-10(6-22)11-5-12(23)19-7-18-11/h5,7-8,10H,2-4,6H2,1H3,(H,18,19,23)(H,20,21,24)/t10-/m0/s1. The molecule has 9 heteroatoms. The van der Waals surface area contributed by atoms with Crippen LogP contribution in [0.3, 0.4) is 0 Å². The van der Waals surface area contributed by atoms with Crippen LogP contribution in [0.25, 0.3) is 10.2 Å². The van der Waals surface area contributed by atoms with Crippen molar-refractivity contribution >= 4 is 27.5 Å². The minimum atomic E-state index is -0.230. The first-order chi connectivity index (χ1) is 12.5. The lowest BCUT2D eigenvalue weighted by molar-refractivity contribution is 0.0710. The zero-order chi connectivity index (χ0) is 18.3. The summed E-state index contributed by atoms with van der Waals surface area (Å²) in [5, 5.41) is 0.477. The van der Waals surface area contributed by atoms with Gasteiger partial charge in [0.15, 0.2) is 0 Å². The maximum absolute atomic E-state index is 13.1. The van der Waals surface area contributed by atoms with Gasteiger partial charge in [0.25, 0.3) is 17.0 Å².